The molecule has 0 aromatic heterocycles. The molecular weight excluding hydrogens is 490 g/mol. The summed E-state index contributed by atoms with van der Waals surface area (Å²) < 4.78 is 31.6. The summed E-state index contributed by atoms with van der Waals surface area (Å²) in [6, 6.07) is 11.1. The highest BCUT2D eigenvalue weighted by atomic mass is 35.5. The Morgan fingerprint density at radius 3 is 2.23 bits per heavy atom. The molecule has 0 heterocycles. The molecular formula is C25H34ClN3O5S. The summed E-state index contributed by atoms with van der Waals surface area (Å²) in [4.78, 5) is 27.9. The van der Waals surface area contributed by atoms with Gasteiger partial charge in [0.25, 0.3) is 0 Å². The third kappa shape index (κ3) is 8.14. The van der Waals surface area contributed by atoms with Crippen LogP contribution in [-0.2, 0) is 26.2 Å². The van der Waals surface area contributed by atoms with Gasteiger partial charge in [0.15, 0.2) is 0 Å². The summed E-state index contributed by atoms with van der Waals surface area (Å²) >= 11 is 6.12. The fraction of sp³-hybridized carbons (Fsp3) is 0.440. The van der Waals surface area contributed by atoms with Crippen molar-refractivity contribution in [1.82, 2.24) is 10.2 Å². The van der Waals surface area contributed by atoms with E-state index in [1.807, 2.05) is 20.8 Å². The van der Waals surface area contributed by atoms with Gasteiger partial charge in [-0.15, -0.1) is 0 Å². The highest BCUT2D eigenvalue weighted by molar-refractivity contribution is 7.92. The van der Waals surface area contributed by atoms with Crippen molar-refractivity contribution in [2.75, 3.05) is 24.2 Å². The molecule has 0 aliphatic carbocycles. The number of sulfonamides is 1. The largest absolute Gasteiger partial charge is 0.497 e. The molecule has 0 saturated heterocycles. The number of anilines is 1. The second-order valence-electron chi connectivity index (χ2n) is 9.49. The van der Waals surface area contributed by atoms with Crippen LogP contribution in [0.1, 0.15) is 38.8 Å². The molecule has 0 spiro atoms. The van der Waals surface area contributed by atoms with Gasteiger partial charge in [0.2, 0.25) is 21.8 Å². The lowest BCUT2D eigenvalue weighted by molar-refractivity contribution is -0.140. The van der Waals surface area contributed by atoms with Crippen LogP contribution in [0.5, 0.6) is 5.75 Å². The highest BCUT2D eigenvalue weighted by Gasteiger charge is 2.31. The number of aryl methyl sites for hydroxylation is 1. The van der Waals surface area contributed by atoms with Crippen LogP contribution in [0.4, 0.5) is 5.69 Å². The minimum atomic E-state index is -3.83. The molecule has 0 unspecified atom stereocenters. The first-order valence-corrected chi connectivity index (χ1v) is 13.3. The molecule has 0 aliphatic rings. The molecule has 2 aromatic rings. The molecule has 8 nitrogen and oxygen atoms in total. The van der Waals surface area contributed by atoms with E-state index in [4.69, 9.17) is 16.3 Å². The molecule has 1 N–H and O–H groups in total. The van der Waals surface area contributed by atoms with Gasteiger partial charge >= 0.3 is 0 Å². The van der Waals surface area contributed by atoms with Gasteiger partial charge in [-0.2, -0.15) is 0 Å². The van der Waals surface area contributed by atoms with E-state index >= 15 is 0 Å². The Balaban J connectivity index is 2.44. The number of carbonyl (C=O) groups excluding carboxylic acids is 2. The molecule has 0 bridgehead atoms. The van der Waals surface area contributed by atoms with Gasteiger partial charge in [-0.25, -0.2) is 8.42 Å². The summed E-state index contributed by atoms with van der Waals surface area (Å²) in [5.41, 5.74) is 1.22. The molecule has 35 heavy (non-hydrogen) atoms. The fourth-order valence-corrected chi connectivity index (χ4v) is 4.50. The number of amides is 2. The van der Waals surface area contributed by atoms with Crippen LogP contribution >= 0.6 is 11.6 Å². The Hall–Kier alpha value is -2.78. The number of nitrogens with zero attached hydrogens (tertiary/aromatic N) is 2. The van der Waals surface area contributed by atoms with E-state index in [2.05, 4.69) is 5.32 Å². The molecule has 2 aromatic carbocycles. The standard InChI is InChI=1S/C25H34ClN3O5S/c1-17-8-11-20(26)14-22(17)29(35(7,32)33)16-23(30)28(18(2)24(31)27-25(3,4)5)15-19-9-12-21(34-6)13-10-19/h8-14,18H,15-16H2,1-7H3,(H,27,31)/t18-/m0/s1. The van der Waals surface area contributed by atoms with Crippen LogP contribution in [0.2, 0.25) is 5.02 Å². The number of nitrogens with one attached hydrogen (secondary N) is 1. The highest BCUT2D eigenvalue weighted by Crippen LogP contribution is 2.27. The van der Waals surface area contributed by atoms with Crippen molar-refractivity contribution >= 4 is 39.1 Å². The van der Waals surface area contributed by atoms with Crippen molar-refractivity contribution in [3.05, 3.63) is 58.6 Å². The average molecular weight is 524 g/mol. The Labute approximate surface area is 213 Å². The van der Waals surface area contributed by atoms with Crippen molar-refractivity contribution in [3.8, 4) is 5.75 Å². The average Bonchev–Trinajstić information content (AvgIpc) is 2.75. The zero-order valence-electron chi connectivity index (χ0n) is 21.3. The molecule has 0 fully saturated rings. The monoisotopic (exact) mass is 523 g/mol. The first-order chi connectivity index (χ1) is 16.1. The third-order valence-corrected chi connectivity index (χ3v) is 6.66. The summed E-state index contributed by atoms with van der Waals surface area (Å²) in [5, 5.41) is 3.23. The maximum atomic E-state index is 13.6. The van der Waals surface area contributed by atoms with Crippen LogP contribution in [-0.4, -0.2) is 56.6 Å². The maximum absolute atomic E-state index is 13.6. The van der Waals surface area contributed by atoms with Crippen LogP contribution in [0.3, 0.4) is 0 Å². The molecule has 2 rings (SSSR count). The zero-order chi connectivity index (χ0) is 26.6. The Morgan fingerprint density at radius 2 is 1.71 bits per heavy atom. The first-order valence-electron chi connectivity index (χ1n) is 11.1. The molecule has 0 saturated carbocycles. The number of hydrogen-bond donors (Lipinski definition) is 1. The van der Waals surface area contributed by atoms with Gasteiger partial charge in [0, 0.05) is 17.1 Å². The number of ether oxygens (including phenoxy) is 1. The van der Waals surface area contributed by atoms with Gasteiger partial charge in [-0.3, -0.25) is 13.9 Å². The number of carbonyl (C=O) groups is 2. The second kappa shape index (κ2) is 11.3. The van der Waals surface area contributed by atoms with E-state index in [1.54, 1.807) is 57.4 Å². The van der Waals surface area contributed by atoms with Crippen molar-refractivity contribution in [2.45, 2.75) is 52.7 Å². The number of halogens is 1. The molecule has 1 atom stereocenters. The second-order valence-corrected chi connectivity index (χ2v) is 11.8. The van der Waals surface area contributed by atoms with E-state index in [1.165, 1.54) is 11.0 Å². The van der Waals surface area contributed by atoms with Crippen LogP contribution < -0.4 is 14.4 Å². The molecule has 0 radical (unpaired) electrons. The first kappa shape index (κ1) is 28.5. The summed E-state index contributed by atoms with van der Waals surface area (Å²) in [7, 11) is -2.28. The topological polar surface area (TPSA) is 96.0 Å². The summed E-state index contributed by atoms with van der Waals surface area (Å²) in [6.45, 7) is 8.53. The summed E-state index contributed by atoms with van der Waals surface area (Å²) in [6.07, 6.45) is 1.03. The number of hydrogen-bond acceptors (Lipinski definition) is 5. The third-order valence-electron chi connectivity index (χ3n) is 5.30. The lowest BCUT2D eigenvalue weighted by Gasteiger charge is -2.33. The van der Waals surface area contributed by atoms with Crippen molar-refractivity contribution in [2.24, 2.45) is 0 Å². The Morgan fingerprint density at radius 1 is 1.11 bits per heavy atom. The summed E-state index contributed by atoms with van der Waals surface area (Å²) in [5.74, 6) is -0.212. The van der Waals surface area contributed by atoms with E-state index < -0.39 is 34.1 Å². The van der Waals surface area contributed by atoms with Gasteiger partial charge in [-0.1, -0.05) is 29.8 Å². The predicted octanol–water partition coefficient (Wildman–Crippen LogP) is 3.76. The molecule has 0 aliphatic heterocycles. The number of rotatable bonds is 9. The molecule has 192 valence electrons. The van der Waals surface area contributed by atoms with E-state index in [0.29, 0.717) is 22.0 Å². The quantitative estimate of drug-likeness (QED) is 0.540. The minimum absolute atomic E-state index is 0.105. The van der Waals surface area contributed by atoms with Crippen molar-refractivity contribution in [3.63, 3.8) is 0 Å². The van der Waals surface area contributed by atoms with Crippen LogP contribution in [0.25, 0.3) is 0 Å². The molecule has 10 heteroatoms. The van der Waals surface area contributed by atoms with Crippen LogP contribution in [0.15, 0.2) is 42.5 Å². The zero-order valence-corrected chi connectivity index (χ0v) is 22.8. The number of methoxy groups -OCH3 is 1. The Kier molecular flexibility index (Phi) is 9.19. The van der Waals surface area contributed by atoms with Gasteiger partial charge in [0.1, 0.15) is 18.3 Å². The minimum Gasteiger partial charge on any atom is -0.497 e. The molecule has 2 amide bonds. The van der Waals surface area contributed by atoms with Gasteiger partial charge in [-0.05, 0) is 70.0 Å². The maximum Gasteiger partial charge on any atom is 0.244 e. The van der Waals surface area contributed by atoms with Crippen LogP contribution in [0, 0.1) is 6.92 Å². The van der Waals surface area contributed by atoms with E-state index in [-0.39, 0.29) is 12.5 Å². The number of benzene rings is 2. The normalized spacial score (nSPS) is 12.6. The van der Waals surface area contributed by atoms with Crippen molar-refractivity contribution < 1.29 is 22.7 Å². The Bertz CT molecular complexity index is 1160. The van der Waals surface area contributed by atoms with Gasteiger partial charge < -0.3 is 15.0 Å². The lowest BCUT2D eigenvalue weighted by Crippen LogP contribution is -2.54. The lowest BCUT2D eigenvalue weighted by atomic mass is 10.1. The van der Waals surface area contributed by atoms with Gasteiger partial charge in [0.05, 0.1) is 19.1 Å². The fourth-order valence-electron chi connectivity index (χ4n) is 3.43. The van der Waals surface area contributed by atoms with E-state index in [0.717, 1.165) is 16.1 Å². The van der Waals surface area contributed by atoms with E-state index in [9.17, 15) is 18.0 Å². The van der Waals surface area contributed by atoms with Crippen molar-refractivity contribution in [1.29, 1.82) is 0 Å². The predicted molar refractivity (Wildman–Crippen MR) is 139 cm³/mol. The SMILES string of the molecule is COc1ccc(CN(C(=O)CN(c2cc(Cl)ccc2C)S(C)(=O)=O)[C@@H](C)C(=O)NC(C)(C)C)cc1. The smallest absolute Gasteiger partial charge is 0.244 e.